The average molecular weight is 348 g/mol. The molecule has 0 saturated carbocycles. The average Bonchev–Trinajstić information content (AvgIpc) is 3.12. The molecular weight excluding hydrogens is 316 g/mol. The van der Waals surface area contributed by atoms with Crippen LogP contribution < -0.4 is 5.73 Å². The van der Waals surface area contributed by atoms with Gasteiger partial charge in [0.25, 0.3) is 5.91 Å². The van der Waals surface area contributed by atoms with Crippen LogP contribution in [0.4, 0.5) is 0 Å². The SMILES string of the molecule is CC(C)CC(N)c1nc(C(=O)N2CCC(N3CCCCC3)CC2)co1. The van der Waals surface area contributed by atoms with Gasteiger partial charge in [0.2, 0.25) is 5.89 Å². The van der Waals surface area contributed by atoms with Gasteiger partial charge in [-0.1, -0.05) is 20.3 Å². The highest BCUT2D eigenvalue weighted by Gasteiger charge is 2.29. The molecule has 0 spiro atoms. The van der Waals surface area contributed by atoms with Crippen LogP contribution in [0.5, 0.6) is 0 Å². The summed E-state index contributed by atoms with van der Waals surface area (Å²) in [5.74, 6) is 0.916. The number of hydrogen-bond donors (Lipinski definition) is 1. The van der Waals surface area contributed by atoms with Crippen molar-refractivity contribution < 1.29 is 9.21 Å². The molecule has 0 bridgehead atoms. The molecule has 3 rings (SSSR count). The van der Waals surface area contributed by atoms with Gasteiger partial charge < -0.3 is 20.0 Å². The largest absolute Gasteiger partial charge is 0.446 e. The minimum atomic E-state index is -0.244. The molecule has 2 aliphatic heterocycles. The first-order valence-electron chi connectivity index (χ1n) is 9.79. The first kappa shape index (κ1) is 18.4. The Hall–Kier alpha value is -1.40. The van der Waals surface area contributed by atoms with Crippen molar-refractivity contribution in [3.63, 3.8) is 0 Å². The van der Waals surface area contributed by atoms with E-state index in [1.165, 1.54) is 38.6 Å². The Kier molecular flexibility index (Phi) is 6.12. The third-order valence-electron chi connectivity index (χ3n) is 5.44. The monoisotopic (exact) mass is 348 g/mol. The Balaban J connectivity index is 1.53. The topological polar surface area (TPSA) is 75.6 Å². The molecule has 0 radical (unpaired) electrons. The number of rotatable bonds is 5. The Labute approximate surface area is 150 Å². The molecule has 2 N–H and O–H groups in total. The van der Waals surface area contributed by atoms with Gasteiger partial charge in [0.1, 0.15) is 6.26 Å². The van der Waals surface area contributed by atoms with Crippen molar-refractivity contribution in [1.82, 2.24) is 14.8 Å². The van der Waals surface area contributed by atoms with Gasteiger partial charge in [-0.2, -0.15) is 0 Å². The molecular formula is C19H32N4O2. The molecule has 0 aliphatic carbocycles. The summed E-state index contributed by atoms with van der Waals surface area (Å²) in [6, 6.07) is 0.392. The highest BCUT2D eigenvalue weighted by molar-refractivity contribution is 5.92. The van der Waals surface area contributed by atoms with Gasteiger partial charge in [-0.15, -0.1) is 0 Å². The molecule has 1 amide bonds. The molecule has 25 heavy (non-hydrogen) atoms. The maximum absolute atomic E-state index is 12.7. The number of hydrogen-bond acceptors (Lipinski definition) is 5. The number of nitrogens with zero attached hydrogens (tertiary/aromatic N) is 3. The van der Waals surface area contributed by atoms with E-state index < -0.39 is 0 Å². The molecule has 6 nitrogen and oxygen atoms in total. The first-order valence-corrected chi connectivity index (χ1v) is 9.79. The lowest BCUT2D eigenvalue weighted by Crippen LogP contribution is -2.48. The minimum absolute atomic E-state index is 0.0242. The zero-order chi connectivity index (χ0) is 17.8. The molecule has 3 heterocycles. The Morgan fingerprint density at radius 1 is 1.24 bits per heavy atom. The van der Waals surface area contributed by atoms with E-state index in [-0.39, 0.29) is 11.9 Å². The maximum Gasteiger partial charge on any atom is 0.275 e. The fourth-order valence-corrected chi connectivity index (χ4v) is 4.04. The van der Waals surface area contributed by atoms with E-state index >= 15 is 0 Å². The lowest BCUT2D eigenvalue weighted by atomic mass is 10.00. The Morgan fingerprint density at radius 2 is 1.92 bits per heavy atom. The summed E-state index contributed by atoms with van der Waals surface area (Å²) in [6.45, 7) is 8.28. The summed E-state index contributed by atoms with van der Waals surface area (Å²) < 4.78 is 5.46. The lowest BCUT2D eigenvalue weighted by Gasteiger charge is -2.40. The fourth-order valence-electron chi connectivity index (χ4n) is 4.04. The predicted molar refractivity (Wildman–Crippen MR) is 97.2 cm³/mol. The van der Waals surface area contributed by atoms with Gasteiger partial charge in [-0.05, 0) is 51.1 Å². The molecule has 140 valence electrons. The zero-order valence-electron chi connectivity index (χ0n) is 15.6. The van der Waals surface area contributed by atoms with Gasteiger partial charge in [-0.25, -0.2) is 4.98 Å². The highest BCUT2D eigenvalue weighted by atomic mass is 16.3. The van der Waals surface area contributed by atoms with Crippen molar-refractivity contribution in [3.05, 3.63) is 17.8 Å². The number of carbonyl (C=O) groups is 1. The van der Waals surface area contributed by atoms with Crippen LogP contribution in [0.2, 0.25) is 0 Å². The minimum Gasteiger partial charge on any atom is -0.446 e. The second-order valence-electron chi connectivity index (χ2n) is 7.93. The predicted octanol–water partition coefficient (Wildman–Crippen LogP) is 2.81. The number of carbonyl (C=O) groups excluding carboxylic acids is 1. The summed E-state index contributed by atoms with van der Waals surface area (Å²) in [5.41, 5.74) is 6.50. The molecule has 2 saturated heterocycles. The first-order chi connectivity index (χ1) is 12.0. The molecule has 1 aromatic heterocycles. The van der Waals surface area contributed by atoms with Crippen LogP contribution in [0.1, 0.15) is 74.8 Å². The summed E-state index contributed by atoms with van der Waals surface area (Å²) in [4.78, 5) is 21.6. The second-order valence-corrected chi connectivity index (χ2v) is 7.93. The van der Waals surface area contributed by atoms with Crippen molar-refractivity contribution in [1.29, 1.82) is 0 Å². The van der Waals surface area contributed by atoms with E-state index in [0.717, 1.165) is 32.4 Å². The van der Waals surface area contributed by atoms with E-state index in [0.29, 0.717) is 23.5 Å². The van der Waals surface area contributed by atoms with Crippen molar-refractivity contribution in [2.24, 2.45) is 11.7 Å². The van der Waals surface area contributed by atoms with Crippen LogP contribution >= 0.6 is 0 Å². The van der Waals surface area contributed by atoms with Crippen molar-refractivity contribution in [3.8, 4) is 0 Å². The van der Waals surface area contributed by atoms with E-state index in [9.17, 15) is 4.79 Å². The number of aromatic nitrogens is 1. The van der Waals surface area contributed by atoms with Gasteiger partial charge in [-0.3, -0.25) is 4.79 Å². The van der Waals surface area contributed by atoms with Gasteiger partial charge in [0.15, 0.2) is 5.69 Å². The van der Waals surface area contributed by atoms with Gasteiger partial charge in [0.05, 0.1) is 6.04 Å². The van der Waals surface area contributed by atoms with Crippen LogP contribution in [0.3, 0.4) is 0 Å². The van der Waals surface area contributed by atoms with Gasteiger partial charge >= 0.3 is 0 Å². The molecule has 1 atom stereocenters. The van der Waals surface area contributed by atoms with Crippen molar-refractivity contribution in [2.45, 2.75) is 64.5 Å². The fraction of sp³-hybridized carbons (Fsp3) is 0.789. The maximum atomic E-state index is 12.7. The summed E-state index contributed by atoms with van der Waals surface area (Å²) in [7, 11) is 0. The zero-order valence-corrected chi connectivity index (χ0v) is 15.6. The molecule has 2 aliphatic rings. The highest BCUT2D eigenvalue weighted by Crippen LogP contribution is 2.23. The quantitative estimate of drug-likeness (QED) is 0.885. The number of amides is 1. The number of likely N-dealkylation sites (tertiary alicyclic amines) is 2. The van der Waals surface area contributed by atoms with Crippen LogP contribution in [0.25, 0.3) is 0 Å². The number of nitrogens with two attached hydrogens (primary N) is 1. The second kappa shape index (κ2) is 8.32. The molecule has 6 heteroatoms. The normalized spacial score (nSPS) is 21.7. The summed E-state index contributed by atoms with van der Waals surface area (Å²) >= 11 is 0. The summed E-state index contributed by atoms with van der Waals surface area (Å²) in [6.07, 6.45) is 8.38. The van der Waals surface area contributed by atoms with Gasteiger partial charge in [0, 0.05) is 19.1 Å². The van der Waals surface area contributed by atoms with E-state index in [4.69, 9.17) is 10.2 Å². The number of piperidine rings is 2. The number of oxazole rings is 1. The summed E-state index contributed by atoms with van der Waals surface area (Å²) in [5, 5.41) is 0. The standard InChI is InChI=1S/C19H32N4O2/c1-14(2)12-16(20)18-21-17(13-25-18)19(24)23-10-6-15(7-11-23)22-8-4-3-5-9-22/h13-16H,3-12,20H2,1-2H3. The molecule has 1 aromatic rings. The van der Waals surface area contributed by atoms with E-state index in [1.54, 1.807) is 0 Å². The Morgan fingerprint density at radius 3 is 2.56 bits per heavy atom. The van der Waals surface area contributed by atoms with E-state index in [2.05, 4.69) is 23.7 Å². The van der Waals surface area contributed by atoms with Crippen molar-refractivity contribution >= 4 is 5.91 Å². The van der Waals surface area contributed by atoms with Crippen LogP contribution in [0.15, 0.2) is 10.7 Å². The molecule has 2 fully saturated rings. The van der Waals surface area contributed by atoms with E-state index in [1.807, 2.05) is 4.90 Å². The third-order valence-corrected chi connectivity index (χ3v) is 5.44. The van der Waals surface area contributed by atoms with Crippen LogP contribution in [0, 0.1) is 5.92 Å². The van der Waals surface area contributed by atoms with Crippen LogP contribution in [-0.2, 0) is 0 Å². The molecule has 1 unspecified atom stereocenters. The molecule has 0 aromatic carbocycles. The van der Waals surface area contributed by atoms with Crippen molar-refractivity contribution in [2.75, 3.05) is 26.2 Å². The van der Waals surface area contributed by atoms with Crippen LogP contribution in [-0.4, -0.2) is 52.9 Å². The lowest BCUT2D eigenvalue weighted by molar-refractivity contribution is 0.0584. The third kappa shape index (κ3) is 4.61. The smallest absolute Gasteiger partial charge is 0.275 e. The Bertz CT molecular complexity index is 558.